The van der Waals surface area contributed by atoms with Gasteiger partial charge >= 0.3 is 0 Å². The molecular weight excluding hydrogens is 271 g/mol. The number of halogens is 2. The van der Waals surface area contributed by atoms with Crippen LogP contribution in [0.4, 0.5) is 0 Å². The van der Waals surface area contributed by atoms with Crippen molar-refractivity contribution < 1.29 is 0 Å². The molecule has 1 atom stereocenters. The highest BCUT2D eigenvalue weighted by molar-refractivity contribution is 6.42. The maximum Gasteiger partial charge on any atom is 0.181 e. The van der Waals surface area contributed by atoms with Crippen molar-refractivity contribution in [2.24, 2.45) is 0 Å². The molecule has 4 nitrogen and oxygen atoms in total. The molecule has 18 heavy (non-hydrogen) atoms. The second-order valence-corrected chi connectivity index (χ2v) is 5.14. The van der Waals surface area contributed by atoms with Crippen molar-refractivity contribution in [1.29, 1.82) is 0 Å². The summed E-state index contributed by atoms with van der Waals surface area (Å²) in [6.45, 7) is 1.04. The van der Waals surface area contributed by atoms with E-state index in [1.54, 1.807) is 12.1 Å². The molecule has 0 radical (unpaired) electrons. The van der Waals surface area contributed by atoms with Crippen LogP contribution in [0.15, 0.2) is 18.2 Å². The largest absolute Gasteiger partial charge is 0.307 e. The highest BCUT2D eigenvalue weighted by Crippen LogP contribution is 2.28. The maximum atomic E-state index is 5.99. The van der Waals surface area contributed by atoms with Gasteiger partial charge in [-0.3, -0.25) is 5.10 Å². The van der Waals surface area contributed by atoms with E-state index in [1.165, 1.54) is 6.42 Å². The van der Waals surface area contributed by atoms with E-state index in [1.807, 2.05) is 6.07 Å². The number of rotatable bonds is 2. The predicted octanol–water partition coefficient (Wildman–Crippen LogP) is 3.20. The summed E-state index contributed by atoms with van der Waals surface area (Å²) >= 11 is 11.9. The minimum atomic E-state index is 0.286. The van der Waals surface area contributed by atoms with E-state index in [0.717, 1.165) is 24.4 Å². The van der Waals surface area contributed by atoms with Gasteiger partial charge in [-0.15, -0.1) is 0 Å². The topological polar surface area (TPSA) is 53.6 Å². The third-order valence-corrected chi connectivity index (χ3v) is 3.81. The molecule has 0 aliphatic carbocycles. The van der Waals surface area contributed by atoms with Gasteiger partial charge in [0.05, 0.1) is 16.1 Å². The third kappa shape index (κ3) is 2.23. The van der Waals surface area contributed by atoms with Gasteiger partial charge in [0.1, 0.15) is 5.82 Å². The van der Waals surface area contributed by atoms with E-state index >= 15 is 0 Å². The Hall–Kier alpha value is -1.10. The highest BCUT2D eigenvalue weighted by atomic mass is 35.5. The van der Waals surface area contributed by atoms with Crippen molar-refractivity contribution in [3.05, 3.63) is 34.1 Å². The van der Waals surface area contributed by atoms with Crippen LogP contribution >= 0.6 is 23.2 Å². The summed E-state index contributed by atoms with van der Waals surface area (Å²) in [6, 6.07) is 5.68. The van der Waals surface area contributed by atoms with Gasteiger partial charge in [0.25, 0.3) is 0 Å². The molecular formula is C12H12Cl2N4. The number of hydrogen-bond donors (Lipinski definition) is 2. The minimum absolute atomic E-state index is 0.286. The molecule has 94 valence electrons. The van der Waals surface area contributed by atoms with Crippen molar-refractivity contribution in [3.8, 4) is 11.4 Å². The first-order valence-corrected chi connectivity index (χ1v) is 6.61. The average Bonchev–Trinajstić information content (AvgIpc) is 3.01. The summed E-state index contributed by atoms with van der Waals surface area (Å²) < 4.78 is 0. The molecule has 1 saturated heterocycles. The molecule has 1 aromatic heterocycles. The average molecular weight is 283 g/mol. The zero-order valence-corrected chi connectivity index (χ0v) is 11.1. The van der Waals surface area contributed by atoms with E-state index < -0.39 is 0 Å². The Morgan fingerprint density at radius 1 is 1.22 bits per heavy atom. The number of nitrogens with one attached hydrogen (secondary N) is 2. The van der Waals surface area contributed by atoms with Gasteiger partial charge in [-0.1, -0.05) is 23.2 Å². The Labute approximate surface area is 115 Å². The molecule has 1 unspecified atom stereocenters. The molecule has 3 rings (SSSR count). The standard InChI is InChI=1S/C12H12Cl2N4/c13-8-4-3-7(6-9(8)14)11-16-12(18-17-11)10-2-1-5-15-10/h3-4,6,10,15H,1-2,5H2,(H,16,17,18). The summed E-state index contributed by atoms with van der Waals surface area (Å²) in [7, 11) is 0. The van der Waals surface area contributed by atoms with E-state index in [0.29, 0.717) is 15.9 Å². The van der Waals surface area contributed by atoms with Gasteiger partial charge in [-0.2, -0.15) is 5.10 Å². The lowest BCUT2D eigenvalue weighted by atomic mass is 10.2. The number of H-pyrrole nitrogens is 1. The van der Waals surface area contributed by atoms with Crippen molar-refractivity contribution in [1.82, 2.24) is 20.5 Å². The molecule has 0 saturated carbocycles. The van der Waals surface area contributed by atoms with Crippen LogP contribution < -0.4 is 5.32 Å². The molecule has 1 aromatic carbocycles. The lowest BCUT2D eigenvalue weighted by molar-refractivity contribution is 0.608. The van der Waals surface area contributed by atoms with Gasteiger partial charge in [0.2, 0.25) is 0 Å². The highest BCUT2D eigenvalue weighted by Gasteiger charge is 2.20. The third-order valence-electron chi connectivity index (χ3n) is 3.07. The molecule has 6 heteroatoms. The number of benzene rings is 1. The van der Waals surface area contributed by atoms with Gasteiger partial charge < -0.3 is 5.32 Å². The maximum absolute atomic E-state index is 5.99. The lowest BCUT2D eigenvalue weighted by Crippen LogP contribution is -2.14. The summed E-state index contributed by atoms with van der Waals surface area (Å²) in [6.07, 6.45) is 2.27. The van der Waals surface area contributed by atoms with Crippen LogP contribution in [0.2, 0.25) is 10.0 Å². The van der Waals surface area contributed by atoms with Crippen molar-refractivity contribution in [3.63, 3.8) is 0 Å². The van der Waals surface area contributed by atoms with E-state index in [2.05, 4.69) is 20.5 Å². The summed E-state index contributed by atoms with van der Waals surface area (Å²) in [4.78, 5) is 4.50. The molecule has 0 amide bonds. The first-order chi connectivity index (χ1) is 8.74. The summed E-state index contributed by atoms with van der Waals surface area (Å²) in [5.74, 6) is 1.53. The SMILES string of the molecule is Clc1ccc(-c2n[nH]c(C3CCCN3)n2)cc1Cl. The van der Waals surface area contributed by atoms with E-state index in [-0.39, 0.29) is 6.04 Å². The Balaban J connectivity index is 1.89. The van der Waals surface area contributed by atoms with Crippen LogP contribution in [-0.4, -0.2) is 21.7 Å². The molecule has 2 N–H and O–H groups in total. The lowest BCUT2D eigenvalue weighted by Gasteiger charge is -2.03. The normalized spacial score (nSPS) is 19.3. The van der Waals surface area contributed by atoms with Gasteiger partial charge in [-0.05, 0) is 37.6 Å². The molecule has 1 fully saturated rings. The Kier molecular flexibility index (Phi) is 3.24. The zero-order valence-electron chi connectivity index (χ0n) is 9.58. The molecule has 0 bridgehead atoms. The molecule has 1 aliphatic rings. The monoisotopic (exact) mass is 282 g/mol. The van der Waals surface area contributed by atoms with Crippen LogP contribution in [0.25, 0.3) is 11.4 Å². The fourth-order valence-electron chi connectivity index (χ4n) is 2.11. The number of aromatic amines is 1. The van der Waals surface area contributed by atoms with Crippen LogP contribution in [0.1, 0.15) is 24.7 Å². The zero-order chi connectivity index (χ0) is 12.5. The van der Waals surface area contributed by atoms with Gasteiger partial charge in [0, 0.05) is 5.56 Å². The summed E-state index contributed by atoms with van der Waals surface area (Å²) in [5, 5.41) is 11.6. The second kappa shape index (κ2) is 4.88. The van der Waals surface area contributed by atoms with E-state index in [4.69, 9.17) is 23.2 Å². The Morgan fingerprint density at radius 2 is 2.11 bits per heavy atom. The molecule has 1 aliphatic heterocycles. The number of hydrogen-bond acceptors (Lipinski definition) is 3. The van der Waals surface area contributed by atoms with Crippen LogP contribution in [0.3, 0.4) is 0 Å². The second-order valence-electron chi connectivity index (χ2n) is 4.32. The Morgan fingerprint density at radius 3 is 2.83 bits per heavy atom. The smallest absolute Gasteiger partial charge is 0.181 e. The van der Waals surface area contributed by atoms with Gasteiger partial charge in [0.15, 0.2) is 5.82 Å². The van der Waals surface area contributed by atoms with Crippen molar-refractivity contribution in [2.75, 3.05) is 6.54 Å². The minimum Gasteiger partial charge on any atom is -0.307 e. The predicted molar refractivity (Wildman–Crippen MR) is 71.8 cm³/mol. The van der Waals surface area contributed by atoms with Gasteiger partial charge in [-0.25, -0.2) is 4.98 Å². The number of aromatic nitrogens is 3. The summed E-state index contributed by atoms with van der Waals surface area (Å²) in [5.41, 5.74) is 0.866. The molecule has 2 heterocycles. The number of nitrogens with zero attached hydrogens (tertiary/aromatic N) is 2. The van der Waals surface area contributed by atoms with Crippen LogP contribution in [0, 0.1) is 0 Å². The van der Waals surface area contributed by atoms with Crippen LogP contribution in [-0.2, 0) is 0 Å². The first kappa shape index (κ1) is 12.0. The van der Waals surface area contributed by atoms with Crippen molar-refractivity contribution in [2.45, 2.75) is 18.9 Å². The van der Waals surface area contributed by atoms with Crippen LogP contribution in [0.5, 0.6) is 0 Å². The first-order valence-electron chi connectivity index (χ1n) is 5.85. The quantitative estimate of drug-likeness (QED) is 0.889. The molecule has 0 spiro atoms. The Bertz CT molecular complexity index is 561. The molecule has 2 aromatic rings. The fraction of sp³-hybridized carbons (Fsp3) is 0.333. The van der Waals surface area contributed by atoms with Crippen molar-refractivity contribution >= 4 is 23.2 Å². The van der Waals surface area contributed by atoms with E-state index in [9.17, 15) is 0 Å². The fourth-order valence-corrected chi connectivity index (χ4v) is 2.41.